The van der Waals surface area contributed by atoms with Crippen LogP contribution in [-0.4, -0.2) is 24.0 Å². The SMILES string of the molecule is CCC(C)(C)N(C)Cc1ccc2c(c1)CCCN2. The molecule has 100 valence electrons. The molecule has 0 bridgehead atoms. The normalized spacial score (nSPS) is 15.4. The zero-order valence-electron chi connectivity index (χ0n) is 12.2. The summed E-state index contributed by atoms with van der Waals surface area (Å²) in [6.07, 6.45) is 3.65. The molecule has 1 aromatic carbocycles. The van der Waals surface area contributed by atoms with Crippen LogP contribution in [0.2, 0.25) is 0 Å². The second-order valence-corrected chi connectivity index (χ2v) is 6.04. The molecule has 0 fully saturated rings. The van der Waals surface area contributed by atoms with Gasteiger partial charge in [0.2, 0.25) is 0 Å². The van der Waals surface area contributed by atoms with Crippen molar-refractivity contribution in [3.63, 3.8) is 0 Å². The molecule has 1 aromatic rings. The molecule has 0 saturated carbocycles. The van der Waals surface area contributed by atoms with Crippen molar-refractivity contribution < 1.29 is 0 Å². The van der Waals surface area contributed by atoms with Gasteiger partial charge in [-0.25, -0.2) is 0 Å². The number of fused-ring (bicyclic) bond motifs is 1. The highest BCUT2D eigenvalue weighted by atomic mass is 15.2. The number of nitrogens with one attached hydrogen (secondary N) is 1. The maximum atomic E-state index is 3.47. The Kier molecular flexibility index (Phi) is 3.96. The van der Waals surface area contributed by atoms with Crippen molar-refractivity contribution in [1.29, 1.82) is 0 Å². The first-order valence-corrected chi connectivity index (χ1v) is 7.10. The number of aryl methyl sites for hydroxylation is 1. The molecule has 1 heterocycles. The van der Waals surface area contributed by atoms with Gasteiger partial charge in [-0.1, -0.05) is 19.1 Å². The number of rotatable bonds is 4. The molecule has 0 atom stereocenters. The Morgan fingerprint density at radius 2 is 2.11 bits per heavy atom. The number of hydrogen-bond donors (Lipinski definition) is 1. The summed E-state index contributed by atoms with van der Waals surface area (Å²) in [5, 5.41) is 3.47. The first kappa shape index (κ1) is 13.4. The average Bonchev–Trinajstić information content (AvgIpc) is 2.38. The van der Waals surface area contributed by atoms with Crippen LogP contribution in [0.1, 0.15) is 44.7 Å². The van der Waals surface area contributed by atoms with Crippen LogP contribution in [0, 0.1) is 0 Å². The summed E-state index contributed by atoms with van der Waals surface area (Å²) in [5.74, 6) is 0. The Hall–Kier alpha value is -1.02. The third-order valence-electron chi connectivity index (χ3n) is 4.43. The van der Waals surface area contributed by atoms with E-state index < -0.39 is 0 Å². The van der Waals surface area contributed by atoms with Crippen molar-refractivity contribution in [3.05, 3.63) is 29.3 Å². The van der Waals surface area contributed by atoms with Gasteiger partial charge in [0.25, 0.3) is 0 Å². The Bertz CT molecular complexity index is 410. The number of benzene rings is 1. The maximum absolute atomic E-state index is 3.47. The summed E-state index contributed by atoms with van der Waals surface area (Å²) in [6, 6.07) is 6.89. The summed E-state index contributed by atoms with van der Waals surface area (Å²) in [6.45, 7) is 9.04. The van der Waals surface area contributed by atoms with E-state index in [1.165, 1.54) is 36.1 Å². The Morgan fingerprint density at radius 1 is 1.33 bits per heavy atom. The van der Waals surface area contributed by atoms with Crippen LogP contribution < -0.4 is 5.32 Å². The standard InChI is InChI=1S/C16H26N2/c1-5-16(2,3)18(4)12-13-8-9-15-14(11-13)7-6-10-17-15/h8-9,11,17H,5-7,10,12H2,1-4H3. The van der Waals surface area contributed by atoms with Crippen LogP contribution in [0.3, 0.4) is 0 Å². The van der Waals surface area contributed by atoms with Gasteiger partial charge in [-0.05, 0) is 57.4 Å². The first-order chi connectivity index (χ1) is 8.53. The van der Waals surface area contributed by atoms with Gasteiger partial charge in [0.1, 0.15) is 0 Å². The molecule has 0 aromatic heterocycles. The molecule has 2 rings (SSSR count). The largest absolute Gasteiger partial charge is 0.385 e. The molecule has 0 amide bonds. The molecular weight excluding hydrogens is 220 g/mol. The van der Waals surface area contributed by atoms with Crippen LogP contribution in [0.15, 0.2) is 18.2 Å². The zero-order chi connectivity index (χ0) is 13.2. The molecule has 0 unspecified atom stereocenters. The lowest BCUT2D eigenvalue weighted by Crippen LogP contribution is -2.39. The van der Waals surface area contributed by atoms with Crippen LogP contribution in [-0.2, 0) is 13.0 Å². The summed E-state index contributed by atoms with van der Waals surface area (Å²) >= 11 is 0. The maximum Gasteiger partial charge on any atom is 0.0372 e. The molecule has 2 nitrogen and oxygen atoms in total. The van der Waals surface area contributed by atoms with E-state index in [1.54, 1.807) is 0 Å². The summed E-state index contributed by atoms with van der Waals surface area (Å²) in [4.78, 5) is 2.45. The van der Waals surface area contributed by atoms with E-state index in [0.717, 1.165) is 13.1 Å². The quantitative estimate of drug-likeness (QED) is 0.872. The fourth-order valence-electron chi connectivity index (χ4n) is 2.38. The van der Waals surface area contributed by atoms with Crippen molar-refractivity contribution >= 4 is 5.69 Å². The molecule has 0 spiro atoms. The molecule has 0 radical (unpaired) electrons. The Balaban J connectivity index is 2.10. The smallest absolute Gasteiger partial charge is 0.0372 e. The number of nitrogens with zero attached hydrogens (tertiary/aromatic N) is 1. The van der Waals surface area contributed by atoms with E-state index >= 15 is 0 Å². The van der Waals surface area contributed by atoms with Gasteiger partial charge in [0, 0.05) is 24.3 Å². The van der Waals surface area contributed by atoms with Crippen molar-refractivity contribution in [1.82, 2.24) is 4.90 Å². The van der Waals surface area contributed by atoms with Gasteiger partial charge in [-0.3, -0.25) is 4.90 Å². The lowest BCUT2D eigenvalue weighted by Gasteiger charge is -2.35. The fourth-order valence-corrected chi connectivity index (χ4v) is 2.38. The van der Waals surface area contributed by atoms with Gasteiger partial charge in [-0.15, -0.1) is 0 Å². The van der Waals surface area contributed by atoms with Gasteiger partial charge in [0.05, 0.1) is 0 Å². The molecule has 0 aliphatic carbocycles. The number of hydrogen-bond acceptors (Lipinski definition) is 2. The second kappa shape index (κ2) is 5.31. The molecular formula is C16H26N2. The fraction of sp³-hybridized carbons (Fsp3) is 0.625. The van der Waals surface area contributed by atoms with Crippen LogP contribution in [0.5, 0.6) is 0 Å². The molecule has 18 heavy (non-hydrogen) atoms. The third-order valence-corrected chi connectivity index (χ3v) is 4.43. The minimum absolute atomic E-state index is 0.272. The van der Waals surface area contributed by atoms with Crippen molar-refractivity contribution in [3.8, 4) is 0 Å². The molecule has 2 heteroatoms. The highest BCUT2D eigenvalue weighted by Gasteiger charge is 2.21. The van der Waals surface area contributed by atoms with Crippen LogP contribution in [0.25, 0.3) is 0 Å². The minimum atomic E-state index is 0.272. The highest BCUT2D eigenvalue weighted by molar-refractivity contribution is 5.54. The van der Waals surface area contributed by atoms with Crippen molar-refractivity contribution in [2.24, 2.45) is 0 Å². The molecule has 1 aliphatic rings. The van der Waals surface area contributed by atoms with E-state index in [2.05, 4.69) is 56.2 Å². The summed E-state index contributed by atoms with van der Waals surface area (Å²) in [5.41, 5.74) is 4.53. The lowest BCUT2D eigenvalue weighted by molar-refractivity contribution is 0.143. The summed E-state index contributed by atoms with van der Waals surface area (Å²) < 4.78 is 0. The predicted molar refractivity (Wildman–Crippen MR) is 79.1 cm³/mol. The first-order valence-electron chi connectivity index (χ1n) is 7.10. The van der Waals surface area contributed by atoms with Crippen molar-refractivity contribution in [2.45, 2.75) is 52.1 Å². The van der Waals surface area contributed by atoms with E-state index in [1.807, 2.05) is 0 Å². The second-order valence-electron chi connectivity index (χ2n) is 6.04. The molecule has 1 aliphatic heterocycles. The topological polar surface area (TPSA) is 15.3 Å². The zero-order valence-corrected chi connectivity index (χ0v) is 12.2. The predicted octanol–water partition coefficient (Wildman–Crippen LogP) is 3.67. The van der Waals surface area contributed by atoms with E-state index in [0.29, 0.717) is 0 Å². The third kappa shape index (κ3) is 2.86. The van der Waals surface area contributed by atoms with Gasteiger partial charge in [0.15, 0.2) is 0 Å². The summed E-state index contributed by atoms with van der Waals surface area (Å²) in [7, 11) is 2.22. The van der Waals surface area contributed by atoms with Gasteiger partial charge in [-0.2, -0.15) is 0 Å². The highest BCUT2D eigenvalue weighted by Crippen LogP contribution is 2.25. The lowest BCUT2D eigenvalue weighted by atomic mass is 9.97. The molecule has 0 saturated heterocycles. The average molecular weight is 246 g/mol. The van der Waals surface area contributed by atoms with E-state index in [9.17, 15) is 0 Å². The Morgan fingerprint density at radius 3 is 2.83 bits per heavy atom. The van der Waals surface area contributed by atoms with Crippen LogP contribution >= 0.6 is 0 Å². The Labute approximate surface area is 111 Å². The monoisotopic (exact) mass is 246 g/mol. The van der Waals surface area contributed by atoms with Crippen molar-refractivity contribution in [2.75, 3.05) is 18.9 Å². The van der Waals surface area contributed by atoms with Gasteiger partial charge >= 0.3 is 0 Å². The molecule has 1 N–H and O–H groups in total. The minimum Gasteiger partial charge on any atom is -0.385 e. The number of anilines is 1. The van der Waals surface area contributed by atoms with E-state index in [4.69, 9.17) is 0 Å². The van der Waals surface area contributed by atoms with E-state index in [-0.39, 0.29) is 5.54 Å². The van der Waals surface area contributed by atoms with Crippen LogP contribution in [0.4, 0.5) is 5.69 Å². The van der Waals surface area contributed by atoms with Gasteiger partial charge < -0.3 is 5.32 Å².